The maximum atomic E-state index is 12.5. The Kier molecular flexibility index (Phi) is 6.43. The van der Waals surface area contributed by atoms with Gasteiger partial charge < -0.3 is 4.42 Å². The Morgan fingerprint density at radius 1 is 1.06 bits per heavy atom. The summed E-state index contributed by atoms with van der Waals surface area (Å²) in [6.07, 6.45) is 0. The summed E-state index contributed by atoms with van der Waals surface area (Å²) >= 11 is 2.89. The van der Waals surface area contributed by atoms with Crippen molar-refractivity contribution in [2.24, 2.45) is 0 Å². The van der Waals surface area contributed by atoms with E-state index in [9.17, 15) is 4.79 Å². The van der Waals surface area contributed by atoms with E-state index in [1.807, 2.05) is 50.4 Å². The van der Waals surface area contributed by atoms with Crippen molar-refractivity contribution in [3.63, 3.8) is 0 Å². The first kappa shape index (κ1) is 22.2. The highest BCUT2D eigenvalue weighted by molar-refractivity contribution is 7.98. The summed E-state index contributed by atoms with van der Waals surface area (Å²) in [5.41, 5.74) is 7.06. The van der Waals surface area contributed by atoms with Crippen LogP contribution in [0, 0.1) is 27.7 Å². The minimum Gasteiger partial charge on any atom is -0.411 e. The van der Waals surface area contributed by atoms with Gasteiger partial charge in [0.2, 0.25) is 11.8 Å². The van der Waals surface area contributed by atoms with Crippen LogP contribution < -0.4 is 4.90 Å². The number of carbonyl (C=O) groups is 1. The number of benzene rings is 2. The van der Waals surface area contributed by atoms with Crippen LogP contribution in [-0.4, -0.2) is 21.1 Å². The van der Waals surface area contributed by atoms with Crippen LogP contribution in [0.25, 0.3) is 11.5 Å². The van der Waals surface area contributed by atoms with Gasteiger partial charge in [0.15, 0.2) is 5.13 Å². The van der Waals surface area contributed by atoms with Crippen molar-refractivity contribution in [1.82, 2.24) is 15.2 Å². The van der Waals surface area contributed by atoms with Crippen molar-refractivity contribution < 1.29 is 9.21 Å². The molecule has 4 aromatic rings. The van der Waals surface area contributed by atoms with E-state index in [1.54, 1.807) is 11.8 Å². The van der Waals surface area contributed by atoms with Crippen molar-refractivity contribution in [2.75, 3.05) is 4.90 Å². The number of aromatic nitrogens is 3. The fourth-order valence-corrected chi connectivity index (χ4v) is 5.34. The summed E-state index contributed by atoms with van der Waals surface area (Å²) < 4.78 is 5.83. The molecule has 6 nitrogen and oxygen atoms in total. The lowest BCUT2D eigenvalue weighted by atomic mass is 10.0. The average molecular weight is 465 g/mol. The van der Waals surface area contributed by atoms with Gasteiger partial charge >= 0.3 is 0 Å². The lowest BCUT2D eigenvalue weighted by Crippen LogP contribution is -2.24. The molecule has 2 aromatic heterocycles. The largest absolute Gasteiger partial charge is 0.411 e. The highest BCUT2D eigenvalue weighted by Crippen LogP contribution is 2.35. The molecule has 2 heterocycles. The molecule has 0 fully saturated rings. The second-order valence-corrected chi connectivity index (χ2v) is 9.46. The van der Waals surface area contributed by atoms with Gasteiger partial charge in [-0.15, -0.1) is 21.5 Å². The summed E-state index contributed by atoms with van der Waals surface area (Å²) in [5.74, 6) is 1.02. The predicted octanol–water partition coefficient (Wildman–Crippen LogP) is 6.40. The van der Waals surface area contributed by atoms with E-state index in [-0.39, 0.29) is 5.91 Å². The number of thiazole rings is 1. The molecule has 0 aliphatic heterocycles. The van der Waals surface area contributed by atoms with Crippen LogP contribution in [0.2, 0.25) is 0 Å². The summed E-state index contributed by atoms with van der Waals surface area (Å²) in [5, 5.41) is 11.5. The van der Waals surface area contributed by atoms with Gasteiger partial charge in [-0.2, -0.15) is 0 Å². The average Bonchev–Trinajstić information content (AvgIpc) is 3.38. The molecule has 0 aliphatic rings. The van der Waals surface area contributed by atoms with Gasteiger partial charge in [0.05, 0.1) is 11.4 Å². The minimum atomic E-state index is -0.0617. The number of carbonyl (C=O) groups excluding carboxylic acids is 1. The second-order valence-electron chi connectivity index (χ2n) is 7.70. The highest BCUT2D eigenvalue weighted by atomic mass is 32.2. The molecule has 0 bridgehead atoms. The number of aryl methyl sites for hydroxylation is 4. The lowest BCUT2D eigenvalue weighted by Gasteiger charge is -2.23. The van der Waals surface area contributed by atoms with Crippen LogP contribution in [0.1, 0.15) is 34.9 Å². The summed E-state index contributed by atoms with van der Waals surface area (Å²) in [6.45, 7) is 9.69. The maximum absolute atomic E-state index is 12.5. The molecule has 0 radical (unpaired) electrons. The first-order valence-electron chi connectivity index (χ1n) is 10.2. The van der Waals surface area contributed by atoms with Gasteiger partial charge in [-0.25, -0.2) is 4.98 Å². The Bertz CT molecular complexity index is 1260. The first-order chi connectivity index (χ1) is 15.3. The van der Waals surface area contributed by atoms with Gasteiger partial charge in [-0.05, 0) is 50.5 Å². The van der Waals surface area contributed by atoms with Crippen LogP contribution >= 0.6 is 23.1 Å². The van der Waals surface area contributed by atoms with Crippen LogP contribution in [0.3, 0.4) is 0 Å². The number of nitrogens with zero attached hydrogens (tertiary/aromatic N) is 4. The number of hydrogen-bond donors (Lipinski definition) is 0. The van der Waals surface area contributed by atoms with Gasteiger partial charge in [-0.3, -0.25) is 9.69 Å². The molecule has 4 rings (SSSR count). The van der Waals surface area contributed by atoms with Crippen LogP contribution in [0.5, 0.6) is 0 Å². The molecule has 164 valence electrons. The number of amides is 1. The summed E-state index contributed by atoms with van der Waals surface area (Å²) in [4.78, 5) is 19.0. The van der Waals surface area contributed by atoms with Crippen LogP contribution in [-0.2, 0) is 10.5 Å². The zero-order valence-electron chi connectivity index (χ0n) is 18.7. The molecule has 0 aliphatic carbocycles. The highest BCUT2D eigenvalue weighted by Gasteiger charge is 2.22. The van der Waals surface area contributed by atoms with Crippen molar-refractivity contribution >= 4 is 39.8 Å². The smallest absolute Gasteiger partial charge is 0.277 e. The normalized spacial score (nSPS) is 11.0. The molecule has 0 N–H and O–H groups in total. The van der Waals surface area contributed by atoms with Gasteiger partial charge in [0.1, 0.15) is 0 Å². The molecule has 0 saturated heterocycles. The van der Waals surface area contributed by atoms with Gasteiger partial charge in [-0.1, -0.05) is 47.7 Å². The third-order valence-corrected chi connectivity index (χ3v) is 6.76. The van der Waals surface area contributed by atoms with E-state index >= 15 is 0 Å². The Balaban J connectivity index is 1.52. The van der Waals surface area contributed by atoms with Gasteiger partial charge in [0.25, 0.3) is 5.22 Å². The minimum absolute atomic E-state index is 0.0617. The predicted molar refractivity (Wildman–Crippen MR) is 130 cm³/mol. The molecule has 0 unspecified atom stereocenters. The molecule has 32 heavy (non-hydrogen) atoms. The molecule has 2 aromatic carbocycles. The summed E-state index contributed by atoms with van der Waals surface area (Å²) in [7, 11) is 0. The number of anilines is 2. The number of rotatable bonds is 6. The van der Waals surface area contributed by atoms with Crippen molar-refractivity contribution in [3.05, 3.63) is 69.7 Å². The Hall–Kier alpha value is -2.97. The molecule has 0 spiro atoms. The second kappa shape index (κ2) is 9.26. The molecule has 0 saturated carbocycles. The lowest BCUT2D eigenvalue weighted by molar-refractivity contribution is -0.115. The number of thioether (sulfide) groups is 1. The van der Waals surface area contributed by atoms with E-state index in [2.05, 4.69) is 29.3 Å². The zero-order valence-corrected chi connectivity index (χ0v) is 20.3. The Morgan fingerprint density at radius 3 is 2.47 bits per heavy atom. The summed E-state index contributed by atoms with van der Waals surface area (Å²) in [6, 6.07) is 12.1. The Morgan fingerprint density at radius 2 is 1.78 bits per heavy atom. The van der Waals surface area contributed by atoms with Crippen molar-refractivity contribution in [2.45, 2.75) is 45.6 Å². The number of hydrogen-bond acceptors (Lipinski definition) is 7. The van der Waals surface area contributed by atoms with E-state index in [0.29, 0.717) is 22.0 Å². The molecule has 1 amide bonds. The SMILES string of the molecule is CC(=O)N(c1nc(CSc2nnc(-c3ccccc3C)o2)cs1)c1c(C)cc(C)cc1C. The first-order valence-corrected chi connectivity index (χ1v) is 12.0. The fourth-order valence-electron chi connectivity index (χ4n) is 3.70. The third-order valence-electron chi connectivity index (χ3n) is 5.03. The molecule has 8 heteroatoms. The van der Waals surface area contributed by atoms with Gasteiger partial charge in [0, 0.05) is 23.6 Å². The van der Waals surface area contributed by atoms with Crippen LogP contribution in [0.4, 0.5) is 10.8 Å². The van der Waals surface area contributed by atoms with E-state index in [0.717, 1.165) is 33.6 Å². The quantitative estimate of drug-likeness (QED) is 0.307. The monoisotopic (exact) mass is 464 g/mol. The van der Waals surface area contributed by atoms with E-state index in [4.69, 9.17) is 9.40 Å². The van der Waals surface area contributed by atoms with Crippen molar-refractivity contribution in [1.29, 1.82) is 0 Å². The zero-order chi connectivity index (χ0) is 22.8. The standard InChI is InChI=1S/C24H24N4O2S2/c1-14-10-16(3)21(17(4)11-14)28(18(5)29)23-25-19(12-31-23)13-32-24-27-26-22(30-24)20-9-7-6-8-15(20)2/h6-12H,13H2,1-5H3. The fraction of sp³-hybridized carbons (Fsp3) is 0.250. The molecule has 0 atom stereocenters. The van der Waals surface area contributed by atoms with Crippen molar-refractivity contribution in [3.8, 4) is 11.5 Å². The molecular weight excluding hydrogens is 440 g/mol. The maximum Gasteiger partial charge on any atom is 0.277 e. The van der Waals surface area contributed by atoms with Crippen LogP contribution in [0.15, 0.2) is 51.4 Å². The van der Waals surface area contributed by atoms with E-state index in [1.165, 1.54) is 28.7 Å². The Labute approximate surface area is 195 Å². The van der Waals surface area contributed by atoms with E-state index < -0.39 is 0 Å². The molecular formula is C24H24N4O2S2. The third kappa shape index (κ3) is 4.61. The topological polar surface area (TPSA) is 72.1 Å².